The molecule has 4 nitrogen and oxygen atoms in total. The molecule has 0 aromatic heterocycles. The van der Waals surface area contributed by atoms with Gasteiger partial charge in [0, 0.05) is 28.9 Å². The van der Waals surface area contributed by atoms with E-state index in [1.165, 1.54) is 5.56 Å². The monoisotopic (exact) mass is 418 g/mol. The highest BCUT2D eigenvalue weighted by Gasteiger charge is 2.25. The van der Waals surface area contributed by atoms with Crippen molar-refractivity contribution in [2.45, 2.75) is 37.1 Å². The molecule has 1 N–H and O–H groups in total. The number of nitrogens with one attached hydrogen (secondary N) is 1. The van der Waals surface area contributed by atoms with Crippen LogP contribution in [0.4, 0.5) is 5.69 Å². The molecule has 0 unspecified atom stereocenters. The highest BCUT2D eigenvalue weighted by atomic mass is 32.2. The Morgan fingerprint density at radius 1 is 0.967 bits per heavy atom. The standard InChI is InChI=1S/C23H20N2O2S.C2H6/c1-15-7-9-16(10-8-15)14-24-22(26)17-11-12-21-19(13-17)25(2)23(27)18-5-3-4-6-20(18)28-21;1-2/h3-13H,14H2,1-2H3,(H,24,26);1-2H3. The number of amides is 2. The van der Waals surface area contributed by atoms with Gasteiger partial charge >= 0.3 is 0 Å². The molecule has 0 saturated heterocycles. The molecule has 1 heterocycles. The Morgan fingerprint density at radius 2 is 1.67 bits per heavy atom. The largest absolute Gasteiger partial charge is 0.348 e. The number of benzene rings is 3. The Hall–Kier alpha value is -3.05. The summed E-state index contributed by atoms with van der Waals surface area (Å²) in [7, 11) is 1.75. The van der Waals surface area contributed by atoms with Gasteiger partial charge in [-0.2, -0.15) is 0 Å². The van der Waals surface area contributed by atoms with Crippen LogP contribution in [0.25, 0.3) is 0 Å². The zero-order chi connectivity index (χ0) is 21.7. The Bertz CT molecular complexity index is 1060. The van der Waals surface area contributed by atoms with Gasteiger partial charge in [-0.25, -0.2) is 0 Å². The molecule has 0 bridgehead atoms. The average molecular weight is 419 g/mol. The van der Waals surface area contributed by atoms with Gasteiger partial charge in [0.25, 0.3) is 11.8 Å². The summed E-state index contributed by atoms with van der Waals surface area (Å²) < 4.78 is 0. The Balaban J connectivity index is 0.00000124. The highest BCUT2D eigenvalue weighted by molar-refractivity contribution is 7.99. The van der Waals surface area contributed by atoms with Crippen LogP contribution < -0.4 is 10.2 Å². The zero-order valence-corrected chi connectivity index (χ0v) is 18.5. The lowest BCUT2D eigenvalue weighted by Gasteiger charge is -2.18. The average Bonchev–Trinajstić information content (AvgIpc) is 2.89. The van der Waals surface area contributed by atoms with Crippen LogP contribution in [0.5, 0.6) is 0 Å². The Kier molecular flexibility index (Phi) is 6.95. The molecule has 154 valence electrons. The van der Waals surface area contributed by atoms with Crippen LogP contribution in [-0.2, 0) is 6.54 Å². The maximum atomic E-state index is 12.8. The number of nitrogens with zero attached hydrogens (tertiary/aromatic N) is 1. The number of hydrogen-bond acceptors (Lipinski definition) is 3. The van der Waals surface area contributed by atoms with Crippen LogP contribution in [0.2, 0.25) is 0 Å². The fourth-order valence-electron chi connectivity index (χ4n) is 3.14. The summed E-state index contributed by atoms with van der Waals surface area (Å²) in [6, 6.07) is 21.2. The van der Waals surface area contributed by atoms with Crippen molar-refractivity contribution >= 4 is 29.3 Å². The first-order chi connectivity index (χ1) is 14.5. The van der Waals surface area contributed by atoms with Crippen molar-refractivity contribution in [2.75, 3.05) is 11.9 Å². The number of fused-ring (bicyclic) bond motifs is 2. The molecule has 0 spiro atoms. The fourth-order valence-corrected chi connectivity index (χ4v) is 4.22. The molecule has 5 heteroatoms. The van der Waals surface area contributed by atoms with Gasteiger partial charge in [0.15, 0.2) is 0 Å². The molecule has 4 rings (SSSR count). The molecule has 0 radical (unpaired) electrons. The van der Waals surface area contributed by atoms with E-state index in [1.807, 2.05) is 81.4 Å². The van der Waals surface area contributed by atoms with E-state index in [1.54, 1.807) is 29.8 Å². The van der Waals surface area contributed by atoms with Crippen LogP contribution in [-0.4, -0.2) is 18.9 Å². The van der Waals surface area contributed by atoms with Crippen molar-refractivity contribution in [3.8, 4) is 0 Å². The zero-order valence-electron chi connectivity index (χ0n) is 17.7. The summed E-state index contributed by atoms with van der Waals surface area (Å²) in [5.74, 6) is -0.227. The summed E-state index contributed by atoms with van der Waals surface area (Å²) in [5, 5.41) is 2.95. The maximum absolute atomic E-state index is 12.8. The van der Waals surface area contributed by atoms with Crippen molar-refractivity contribution in [3.63, 3.8) is 0 Å². The summed E-state index contributed by atoms with van der Waals surface area (Å²) in [5.41, 5.74) is 4.20. The van der Waals surface area contributed by atoms with Crippen LogP contribution in [0.15, 0.2) is 76.5 Å². The lowest BCUT2D eigenvalue weighted by Crippen LogP contribution is -2.27. The minimum Gasteiger partial charge on any atom is -0.348 e. The topological polar surface area (TPSA) is 49.4 Å². The minimum absolute atomic E-state index is 0.0703. The smallest absolute Gasteiger partial charge is 0.259 e. The van der Waals surface area contributed by atoms with Crippen LogP contribution in [0, 0.1) is 6.92 Å². The van der Waals surface area contributed by atoms with Crippen LogP contribution >= 0.6 is 11.8 Å². The normalized spacial score (nSPS) is 12.1. The Labute approximate surface area is 182 Å². The third kappa shape index (κ3) is 4.57. The van der Waals surface area contributed by atoms with E-state index in [-0.39, 0.29) is 11.8 Å². The molecule has 0 saturated carbocycles. The van der Waals surface area contributed by atoms with Crippen molar-refractivity contribution in [3.05, 3.63) is 89.0 Å². The fraction of sp³-hybridized carbons (Fsp3) is 0.200. The minimum atomic E-state index is -0.156. The first-order valence-electron chi connectivity index (χ1n) is 10.1. The van der Waals surface area contributed by atoms with Crippen molar-refractivity contribution in [1.29, 1.82) is 0 Å². The molecule has 3 aromatic rings. The maximum Gasteiger partial charge on any atom is 0.259 e. The van der Waals surface area contributed by atoms with E-state index in [2.05, 4.69) is 5.32 Å². The van der Waals surface area contributed by atoms with Gasteiger partial charge in [0.1, 0.15) is 0 Å². The molecule has 1 aliphatic rings. The van der Waals surface area contributed by atoms with Crippen LogP contribution in [0.1, 0.15) is 45.7 Å². The number of anilines is 1. The van der Waals surface area contributed by atoms with E-state index in [4.69, 9.17) is 0 Å². The first-order valence-corrected chi connectivity index (χ1v) is 10.9. The molecular formula is C25H26N2O2S. The molecule has 3 aromatic carbocycles. The van der Waals surface area contributed by atoms with Crippen molar-refractivity contribution < 1.29 is 9.59 Å². The van der Waals surface area contributed by atoms with Crippen molar-refractivity contribution in [1.82, 2.24) is 5.32 Å². The quantitative estimate of drug-likeness (QED) is 0.594. The molecule has 0 atom stereocenters. The van der Waals surface area contributed by atoms with Gasteiger partial charge in [-0.05, 0) is 42.8 Å². The van der Waals surface area contributed by atoms with E-state index in [0.29, 0.717) is 17.7 Å². The van der Waals surface area contributed by atoms with E-state index in [0.717, 1.165) is 21.0 Å². The summed E-state index contributed by atoms with van der Waals surface area (Å²) >= 11 is 1.55. The Morgan fingerprint density at radius 3 is 2.40 bits per heavy atom. The van der Waals surface area contributed by atoms with Gasteiger partial charge in [0.05, 0.1) is 11.3 Å². The van der Waals surface area contributed by atoms with Crippen LogP contribution in [0.3, 0.4) is 0 Å². The lowest BCUT2D eigenvalue weighted by molar-refractivity contribution is 0.0948. The second-order valence-corrected chi connectivity index (χ2v) is 7.90. The second kappa shape index (κ2) is 9.63. The van der Waals surface area contributed by atoms with E-state index in [9.17, 15) is 9.59 Å². The van der Waals surface area contributed by atoms with Gasteiger partial charge in [-0.1, -0.05) is 67.6 Å². The third-order valence-electron chi connectivity index (χ3n) is 4.80. The van der Waals surface area contributed by atoms with Gasteiger partial charge in [-0.15, -0.1) is 0 Å². The molecular weight excluding hydrogens is 392 g/mol. The molecule has 2 amide bonds. The predicted molar refractivity (Wildman–Crippen MR) is 123 cm³/mol. The third-order valence-corrected chi connectivity index (χ3v) is 5.94. The lowest BCUT2D eigenvalue weighted by atomic mass is 10.1. The number of carbonyl (C=O) groups is 2. The highest BCUT2D eigenvalue weighted by Crippen LogP contribution is 2.41. The molecule has 30 heavy (non-hydrogen) atoms. The van der Waals surface area contributed by atoms with Crippen molar-refractivity contribution in [2.24, 2.45) is 0 Å². The number of hydrogen-bond donors (Lipinski definition) is 1. The number of rotatable bonds is 3. The van der Waals surface area contributed by atoms with Gasteiger partial charge < -0.3 is 10.2 Å². The van der Waals surface area contributed by atoms with E-state index >= 15 is 0 Å². The second-order valence-electron chi connectivity index (χ2n) is 6.81. The number of carbonyl (C=O) groups excluding carboxylic acids is 2. The predicted octanol–water partition coefficient (Wildman–Crippen LogP) is 5.69. The van der Waals surface area contributed by atoms with Gasteiger partial charge in [-0.3, -0.25) is 9.59 Å². The summed E-state index contributed by atoms with van der Waals surface area (Å²) in [4.78, 5) is 29.0. The first kappa shape index (κ1) is 21.7. The SMILES string of the molecule is CC.Cc1ccc(CNC(=O)c2ccc3c(c2)N(C)C(=O)c2ccccc2S3)cc1. The van der Waals surface area contributed by atoms with E-state index < -0.39 is 0 Å². The summed E-state index contributed by atoms with van der Waals surface area (Å²) in [6.07, 6.45) is 0. The molecule has 0 aliphatic carbocycles. The number of aryl methyl sites for hydroxylation is 1. The summed E-state index contributed by atoms with van der Waals surface area (Å²) in [6.45, 7) is 6.50. The van der Waals surface area contributed by atoms with Gasteiger partial charge in [0.2, 0.25) is 0 Å². The molecule has 0 fully saturated rings. The molecule has 1 aliphatic heterocycles.